The molecule has 1 aromatic carbocycles. The van der Waals surface area contributed by atoms with Gasteiger partial charge in [-0.2, -0.15) is 5.10 Å². The van der Waals surface area contributed by atoms with Crippen LogP contribution in [0.25, 0.3) is 0 Å². The van der Waals surface area contributed by atoms with Crippen molar-refractivity contribution in [2.75, 3.05) is 5.32 Å². The summed E-state index contributed by atoms with van der Waals surface area (Å²) in [6.45, 7) is 6.01. The fourth-order valence-electron chi connectivity index (χ4n) is 2.71. The van der Waals surface area contributed by atoms with Crippen LogP contribution >= 0.6 is 0 Å². The number of halogens is 1. The molecule has 24 heavy (non-hydrogen) atoms. The van der Waals surface area contributed by atoms with Crippen molar-refractivity contribution in [3.05, 3.63) is 46.9 Å². The molecule has 0 bridgehead atoms. The topological polar surface area (TPSA) is 64.0 Å². The molecule has 0 aliphatic carbocycles. The second-order valence-corrected chi connectivity index (χ2v) is 8.39. The lowest BCUT2D eigenvalue weighted by Gasteiger charge is -2.23. The van der Waals surface area contributed by atoms with Crippen LogP contribution in [0.4, 0.5) is 10.2 Å². The fourth-order valence-corrected chi connectivity index (χ4v) is 3.97. The molecule has 0 saturated heterocycles. The molecule has 5 nitrogen and oxygen atoms in total. The smallest absolute Gasteiger partial charge is 0.229 e. The first-order chi connectivity index (χ1) is 11.2. The second-order valence-electron chi connectivity index (χ2n) is 6.94. The Kier molecular flexibility index (Phi) is 4.29. The van der Waals surface area contributed by atoms with E-state index in [-0.39, 0.29) is 23.7 Å². The molecule has 1 aliphatic heterocycles. The Morgan fingerprint density at radius 3 is 2.58 bits per heavy atom. The van der Waals surface area contributed by atoms with E-state index in [0.717, 1.165) is 16.8 Å². The first-order valence-corrected chi connectivity index (χ1v) is 9.23. The van der Waals surface area contributed by atoms with Gasteiger partial charge in [0, 0.05) is 16.4 Å². The largest absolute Gasteiger partial charge is 0.310 e. The number of carbonyl (C=O) groups is 1. The van der Waals surface area contributed by atoms with Gasteiger partial charge in [-0.15, -0.1) is 0 Å². The maximum Gasteiger partial charge on any atom is 0.229 e. The van der Waals surface area contributed by atoms with Crippen LogP contribution in [0.5, 0.6) is 0 Å². The van der Waals surface area contributed by atoms with E-state index >= 15 is 0 Å². The van der Waals surface area contributed by atoms with E-state index in [1.165, 1.54) is 12.1 Å². The van der Waals surface area contributed by atoms with Crippen LogP contribution in [0.15, 0.2) is 24.3 Å². The SMILES string of the molecule is CC(C)(C)n1nc2c(c1NC(=O)Cc1ccc(F)cc1)C[S@@](=O)C2. The van der Waals surface area contributed by atoms with E-state index in [2.05, 4.69) is 10.4 Å². The molecule has 7 heteroatoms. The number of hydrogen-bond donors (Lipinski definition) is 1. The van der Waals surface area contributed by atoms with Gasteiger partial charge < -0.3 is 5.32 Å². The fraction of sp³-hybridized carbons (Fsp3) is 0.412. The molecule has 1 aromatic heterocycles. The van der Waals surface area contributed by atoms with Crippen molar-refractivity contribution in [2.24, 2.45) is 0 Å². The number of nitrogens with zero attached hydrogens (tertiary/aromatic N) is 2. The van der Waals surface area contributed by atoms with Crippen molar-refractivity contribution in [2.45, 2.75) is 44.2 Å². The zero-order valence-electron chi connectivity index (χ0n) is 13.9. The van der Waals surface area contributed by atoms with E-state index in [0.29, 0.717) is 17.3 Å². The van der Waals surface area contributed by atoms with Gasteiger partial charge in [-0.05, 0) is 38.5 Å². The Bertz CT molecular complexity index is 806. The molecule has 1 aliphatic rings. The van der Waals surface area contributed by atoms with Gasteiger partial charge in [-0.25, -0.2) is 9.07 Å². The summed E-state index contributed by atoms with van der Waals surface area (Å²) in [5.41, 5.74) is 2.08. The summed E-state index contributed by atoms with van der Waals surface area (Å²) in [5, 5.41) is 7.46. The zero-order valence-corrected chi connectivity index (χ0v) is 14.7. The average molecular weight is 349 g/mol. The van der Waals surface area contributed by atoms with Crippen LogP contribution < -0.4 is 5.32 Å². The molecule has 0 radical (unpaired) electrons. The lowest BCUT2D eigenvalue weighted by Crippen LogP contribution is -2.28. The molecule has 1 amide bonds. The van der Waals surface area contributed by atoms with Gasteiger partial charge in [-0.1, -0.05) is 12.1 Å². The highest BCUT2D eigenvalue weighted by Crippen LogP contribution is 2.32. The summed E-state index contributed by atoms with van der Waals surface area (Å²) in [6, 6.07) is 5.86. The molecule has 0 spiro atoms. The highest BCUT2D eigenvalue weighted by atomic mass is 32.2. The summed E-state index contributed by atoms with van der Waals surface area (Å²) >= 11 is 0. The third-order valence-electron chi connectivity index (χ3n) is 3.84. The van der Waals surface area contributed by atoms with Crippen molar-refractivity contribution in [1.82, 2.24) is 9.78 Å². The van der Waals surface area contributed by atoms with Crippen molar-refractivity contribution < 1.29 is 13.4 Å². The summed E-state index contributed by atoms with van der Waals surface area (Å²) in [5.74, 6) is 0.935. The highest BCUT2D eigenvalue weighted by Gasteiger charge is 2.31. The molecular formula is C17H20FN3O2S. The molecule has 0 saturated carbocycles. The maximum atomic E-state index is 13.0. The predicted molar refractivity (Wildman–Crippen MR) is 91.5 cm³/mol. The number of carbonyl (C=O) groups excluding carboxylic acids is 1. The number of hydrogen-bond acceptors (Lipinski definition) is 3. The van der Waals surface area contributed by atoms with Gasteiger partial charge in [0.25, 0.3) is 0 Å². The van der Waals surface area contributed by atoms with Crippen LogP contribution in [0, 0.1) is 5.82 Å². The van der Waals surface area contributed by atoms with Crippen LogP contribution in [-0.2, 0) is 39.1 Å². The minimum atomic E-state index is -0.958. The number of fused-ring (bicyclic) bond motifs is 1. The highest BCUT2D eigenvalue weighted by molar-refractivity contribution is 7.83. The van der Waals surface area contributed by atoms with Gasteiger partial charge >= 0.3 is 0 Å². The molecule has 1 atom stereocenters. The molecule has 2 heterocycles. The summed E-state index contributed by atoms with van der Waals surface area (Å²) in [6.07, 6.45) is 0.146. The summed E-state index contributed by atoms with van der Waals surface area (Å²) in [4.78, 5) is 12.4. The number of rotatable bonds is 3. The Morgan fingerprint density at radius 2 is 1.96 bits per heavy atom. The Balaban J connectivity index is 1.85. The van der Waals surface area contributed by atoms with Crippen LogP contribution in [0.3, 0.4) is 0 Å². The van der Waals surface area contributed by atoms with E-state index < -0.39 is 10.8 Å². The van der Waals surface area contributed by atoms with Crippen LogP contribution in [0.2, 0.25) is 0 Å². The van der Waals surface area contributed by atoms with Gasteiger partial charge in [0.1, 0.15) is 11.6 Å². The van der Waals surface area contributed by atoms with Crippen molar-refractivity contribution >= 4 is 22.5 Å². The van der Waals surface area contributed by atoms with Gasteiger partial charge in [-0.3, -0.25) is 9.00 Å². The molecule has 128 valence electrons. The average Bonchev–Trinajstić information content (AvgIpc) is 2.99. The minimum Gasteiger partial charge on any atom is -0.310 e. The first kappa shape index (κ1) is 16.8. The number of aromatic nitrogens is 2. The molecule has 2 aromatic rings. The van der Waals surface area contributed by atoms with E-state index in [4.69, 9.17) is 0 Å². The lowest BCUT2D eigenvalue weighted by molar-refractivity contribution is -0.115. The molecule has 1 N–H and O–H groups in total. The Labute approximate surface area is 142 Å². The Morgan fingerprint density at radius 1 is 1.29 bits per heavy atom. The standard InChI is InChI=1S/C17H20FN3O2S/c1-17(2,3)21-16(13-9-24(23)10-14(13)20-21)19-15(22)8-11-4-6-12(18)7-5-11/h4-7H,8-10H2,1-3H3,(H,19,22)/t24-/m1/s1. The number of amides is 1. The van der Waals surface area contributed by atoms with Gasteiger partial charge in [0.2, 0.25) is 5.91 Å². The number of benzene rings is 1. The first-order valence-electron chi connectivity index (χ1n) is 7.74. The van der Waals surface area contributed by atoms with Crippen molar-refractivity contribution in [1.29, 1.82) is 0 Å². The summed E-state index contributed by atoms with van der Waals surface area (Å²) in [7, 11) is -0.958. The lowest BCUT2D eigenvalue weighted by atomic mass is 10.1. The van der Waals surface area contributed by atoms with E-state index in [1.54, 1.807) is 16.8 Å². The van der Waals surface area contributed by atoms with E-state index in [1.807, 2.05) is 20.8 Å². The summed E-state index contributed by atoms with van der Waals surface area (Å²) < 4.78 is 26.5. The number of nitrogens with one attached hydrogen (secondary N) is 1. The second kappa shape index (κ2) is 6.12. The quantitative estimate of drug-likeness (QED) is 0.927. The third-order valence-corrected chi connectivity index (χ3v) is 5.05. The molecular weight excluding hydrogens is 329 g/mol. The predicted octanol–water partition coefficient (Wildman–Crippen LogP) is 2.72. The maximum absolute atomic E-state index is 13.0. The van der Waals surface area contributed by atoms with Crippen molar-refractivity contribution in [3.8, 4) is 0 Å². The zero-order chi connectivity index (χ0) is 17.5. The monoisotopic (exact) mass is 349 g/mol. The molecule has 3 rings (SSSR count). The molecule has 0 fully saturated rings. The molecule has 0 unspecified atom stereocenters. The third kappa shape index (κ3) is 3.40. The van der Waals surface area contributed by atoms with Crippen molar-refractivity contribution in [3.63, 3.8) is 0 Å². The van der Waals surface area contributed by atoms with Gasteiger partial charge in [0.05, 0.1) is 29.2 Å². The minimum absolute atomic E-state index is 0.146. The number of anilines is 1. The van der Waals surface area contributed by atoms with Crippen LogP contribution in [0.1, 0.15) is 37.6 Å². The normalized spacial score (nSPS) is 16.9. The van der Waals surface area contributed by atoms with Gasteiger partial charge in [0.15, 0.2) is 0 Å². The van der Waals surface area contributed by atoms with E-state index in [9.17, 15) is 13.4 Å². The Hall–Kier alpha value is -2.02. The van der Waals surface area contributed by atoms with Crippen LogP contribution in [-0.4, -0.2) is 19.9 Å².